The van der Waals surface area contributed by atoms with Gasteiger partial charge in [-0.1, -0.05) is 0 Å². The highest BCUT2D eigenvalue weighted by Gasteiger charge is 2.06. The molecule has 0 aliphatic heterocycles. The largest absolute Gasteiger partial charge is 0.324 e. The molecule has 0 saturated heterocycles. The van der Waals surface area contributed by atoms with E-state index in [0.717, 1.165) is 16.7 Å². The highest BCUT2D eigenvalue weighted by Crippen LogP contribution is 2.19. The number of aromatic nitrogens is 4. The van der Waals surface area contributed by atoms with Crippen LogP contribution in [0.5, 0.6) is 0 Å². The van der Waals surface area contributed by atoms with Crippen LogP contribution in [0.4, 0.5) is 5.82 Å². The third-order valence-electron chi connectivity index (χ3n) is 3.42. The Morgan fingerprint density at radius 2 is 1.90 bits per heavy atom. The Hall–Kier alpha value is -2.47. The van der Waals surface area contributed by atoms with Crippen LogP contribution in [0.25, 0.3) is 11.0 Å². The number of rotatable bonds is 3. The predicted octanol–water partition coefficient (Wildman–Crippen LogP) is 1.78. The molecule has 1 aromatic carbocycles. The van der Waals surface area contributed by atoms with E-state index in [1.54, 1.807) is 12.4 Å². The second-order valence-corrected chi connectivity index (χ2v) is 4.83. The molecular formula is C14H16N6. The summed E-state index contributed by atoms with van der Waals surface area (Å²) in [6.45, 7) is 4.84. The summed E-state index contributed by atoms with van der Waals surface area (Å²) in [7, 11) is 0. The first-order valence-corrected chi connectivity index (χ1v) is 6.37. The Kier molecular flexibility index (Phi) is 3.08. The fraction of sp³-hybridized carbons (Fsp3) is 0.214. The Balaban J connectivity index is 1.95. The maximum atomic E-state index is 5.27. The van der Waals surface area contributed by atoms with Crippen LogP contribution in [0.15, 0.2) is 30.9 Å². The predicted molar refractivity (Wildman–Crippen MR) is 78.2 cm³/mol. The molecule has 3 aromatic rings. The third kappa shape index (κ3) is 2.21. The highest BCUT2D eigenvalue weighted by atomic mass is 15.3. The van der Waals surface area contributed by atoms with Crippen molar-refractivity contribution in [1.82, 2.24) is 19.5 Å². The topological polar surface area (TPSA) is 81.7 Å². The first-order chi connectivity index (χ1) is 9.67. The molecule has 2 heterocycles. The fourth-order valence-corrected chi connectivity index (χ4v) is 2.12. The Morgan fingerprint density at radius 3 is 2.60 bits per heavy atom. The summed E-state index contributed by atoms with van der Waals surface area (Å²) in [5.41, 5.74) is 7.94. The summed E-state index contributed by atoms with van der Waals surface area (Å²) in [5.74, 6) is 5.82. The lowest BCUT2D eigenvalue weighted by atomic mass is 10.1. The normalized spacial score (nSPS) is 10.9. The highest BCUT2D eigenvalue weighted by molar-refractivity contribution is 5.77. The van der Waals surface area contributed by atoms with E-state index in [2.05, 4.69) is 50.9 Å². The van der Waals surface area contributed by atoms with Crippen LogP contribution >= 0.6 is 0 Å². The van der Waals surface area contributed by atoms with Crippen LogP contribution in [0.1, 0.15) is 16.8 Å². The molecule has 6 heteroatoms. The van der Waals surface area contributed by atoms with Gasteiger partial charge in [0.25, 0.3) is 0 Å². The van der Waals surface area contributed by atoms with E-state index in [4.69, 9.17) is 5.84 Å². The fourth-order valence-electron chi connectivity index (χ4n) is 2.12. The van der Waals surface area contributed by atoms with E-state index in [1.807, 2.05) is 6.33 Å². The molecule has 0 unspecified atom stereocenters. The number of fused-ring (bicyclic) bond motifs is 1. The standard InChI is InChI=1S/C14H16N6/c1-9-3-12-13(4-10(9)2)20(8-18-12)7-11-5-17-14(19-15)6-16-11/h3-6,8H,7,15H2,1-2H3,(H,17,19). The van der Waals surface area contributed by atoms with Crippen molar-refractivity contribution < 1.29 is 0 Å². The summed E-state index contributed by atoms with van der Waals surface area (Å²) < 4.78 is 2.07. The van der Waals surface area contributed by atoms with Gasteiger partial charge in [-0.05, 0) is 37.1 Å². The molecule has 3 N–H and O–H groups in total. The molecule has 0 saturated carbocycles. The van der Waals surface area contributed by atoms with Crippen LogP contribution in [-0.2, 0) is 6.54 Å². The number of imidazole rings is 1. The van der Waals surface area contributed by atoms with Crippen LogP contribution in [0.3, 0.4) is 0 Å². The van der Waals surface area contributed by atoms with Crippen molar-refractivity contribution in [2.24, 2.45) is 5.84 Å². The number of benzene rings is 1. The third-order valence-corrected chi connectivity index (χ3v) is 3.42. The SMILES string of the molecule is Cc1cc2ncn(Cc3cnc(NN)cn3)c2cc1C. The van der Waals surface area contributed by atoms with Gasteiger partial charge in [-0.25, -0.2) is 15.8 Å². The van der Waals surface area contributed by atoms with Gasteiger partial charge in [0.1, 0.15) is 0 Å². The second-order valence-electron chi connectivity index (χ2n) is 4.83. The van der Waals surface area contributed by atoms with E-state index < -0.39 is 0 Å². The molecule has 0 amide bonds. The minimum Gasteiger partial charge on any atom is -0.324 e. The van der Waals surface area contributed by atoms with Crippen LogP contribution in [0.2, 0.25) is 0 Å². The smallest absolute Gasteiger partial charge is 0.158 e. The van der Waals surface area contributed by atoms with Gasteiger partial charge in [0, 0.05) is 0 Å². The zero-order chi connectivity index (χ0) is 14.1. The van der Waals surface area contributed by atoms with E-state index in [0.29, 0.717) is 12.4 Å². The average Bonchev–Trinajstić information content (AvgIpc) is 2.83. The summed E-state index contributed by atoms with van der Waals surface area (Å²) in [6, 6.07) is 4.26. The molecular weight excluding hydrogens is 252 g/mol. The van der Waals surface area contributed by atoms with Gasteiger partial charge in [-0.2, -0.15) is 0 Å². The Bertz CT molecular complexity index is 744. The number of hydrogen-bond donors (Lipinski definition) is 2. The molecule has 6 nitrogen and oxygen atoms in total. The van der Waals surface area contributed by atoms with Gasteiger partial charge in [-0.15, -0.1) is 0 Å². The van der Waals surface area contributed by atoms with Crippen LogP contribution in [0, 0.1) is 13.8 Å². The van der Waals surface area contributed by atoms with Gasteiger partial charge >= 0.3 is 0 Å². The van der Waals surface area contributed by atoms with Crippen LogP contribution in [-0.4, -0.2) is 19.5 Å². The van der Waals surface area contributed by atoms with Gasteiger partial charge < -0.3 is 9.99 Å². The summed E-state index contributed by atoms with van der Waals surface area (Å²) in [5, 5.41) is 0. The lowest BCUT2D eigenvalue weighted by Crippen LogP contribution is -2.09. The Labute approximate surface area is 116 Å². The molecule has 0 aliphatic carbocycles. The number of hydrazine groups is 1. The molecule has 3 rings (SSSR count). The minimum atomic E-state index is 0.552. The summed E-state index contributed by atoms with van der Waals surface area (Å²) in [4.78, 5) is 12.9. The van der Waals surface area contributed by atoms with Crippen molar-refractivity contribution in [2.75, 3.05) is 5.43 Å². The minimum absolute atomic E-state index is 0.552. The number of nitrogens with one attached hydrogen (secondary N) is 1. The van der Waals surface area contributed by atoms with Crippen molar-refractivity contribution in [2.45, 2.75) is 20.4 Å². The number of hydrogen-bond acceptors (Lipinski definition) is 5. The number of aryl methyl sites for hydroxylation is 2. The van der Waals surface area contributed by atoms with Crippen molar-refractivity contribution in [1.29, 1.82) is 0 Å². The molecule has 0 atom stereocenters. The van der Waals surface area contributed by atoms with Gasteiger partial charge in [0.05, 0.1) is 42.0 Å². The monoisotopic (exact) mass is 268 g/mol. The average molecular weight is 268 g/mol. The van der Waals surface area contributed by atoms with Gasteiger partial charge in [0.2, 0.25) is 0 Å². The van der Waals surface area contributed by atoms with Crippen molar-refractivity contribution >= 4 is 16.9 Å². The van der Waals surface area contributed by atoms with E-state index >= 15 is 0 Å². The quantitative estimate of drug-likeness (QED) is 0.559. The summed E-state index contributed by atoms with van der Waals surface area (Å²) >= 11 is 0. The number of nitrogen functional groups attached to an aromatic ring is 1. The number of nitrogens with zero attached hydrogens (tertiary/aromatic N) is 4. The molecule has 2 aromatic heterocycles. The van der Waals surface area contributed by atoms with Gasteiger partial charge in [-0.3, -0.25) is 4.98 Å². The maximum absolute atomic E-state index is 5.27. The zero-order valence-electron chi connectivity index (χ0n) is 11.5. The molecule has 20 heavy (non-hydrogen) atoms. The molecule has 102 valence electrons. The zero-order valence-corrected chi connectivity index (χ0v) is 11.5. The van der Waals surface area contributed by atoms with Crippen molar-refractivity contribution in [3.63, 3.8) is 0 Å². The van der Waals surface area contributed by atoms with Gasteiger partial charge in [0.15, 0.2) is 5.82 Å². The number of nitrogens with two attached hydrogens (primary N) is 1. The van der Waals surface area contributed by atoms with Crippen LogP contribution < -0.4 is 11.3 Å². The molecule has 0 aliphatic rings. The first kappa shape index (κ1) is 12.6. The molecule has 0 radical (unpaired) electrons. The molecule has 0 fully saturated rings. The molecule has 0 spiro atoms. The Morgan fingerprint density at radius 1 is 1.10 bits per heavy atom. The lowest BCUT2D eigenvalue weighted by Gasteiger charge is -2.06. The van der Waals surface area contributed by atoms with Crippen molar-refractivity contribution in [3.8, 4) is 0 Å². The van der Waals surface area contributed by atoms with Crippen molar-refractivity contribution in [3.05, 3.63) is 47.7 Å². The molecule has 0 bridgehead atoms. The lowest BCUT2D eigenvalue weighted by molar-refractivity contribution is 0.790. The summed E-state index contributed by atoms with van der Waals surface area (Å²) in [6.07, 6.45) is 5.16. The first-order valence-electron chi connectivity index (χ1n) is 6.37. The number of anilines is 1. The van der Waals surface area contributed by atoms with E-state index in [1.165, 1.54) is 11.1 Å². The van der Waals surface area contributed by atoms with E-state index in [-0.39, 0.29) is 0 Å². The van der Waals surface area contributed by atoms with E-state index in [9.17, 15) is 0 Å². The second kappa shape index (κ2) is 4.90. The maximum Gasteiger partial charge on any atom is 0.158 e.